The summed E-state index contributed by atoms with van der Waals surface area (Å²) in [4.78, 5) is 1.51. The van der Waals surface area contributed by atoms with E-state index in [-0.39, 0.29) is 0 Å². The van der Waals surface area contributed by atoms with Crippen LogP contribution in [0, 0.1) is 6.92 Å². The van der Waals surface area contributed by atoms with Gasteiger partial charge in [0.25, 0.3) is 0 Å². The van der Waals surface area contributed by atoms with E-state index in [9.17, 15) is 0 Å². The van der Waals surface area contributed by atoms with Crippen LogP contribution in [0.5, 0.6) is 0 Å². The molecule has 0 saturated heterocycles. The van der Waals surface area contributed by atoms with Gasteiger partial charge in [-0.3, -0.25) is 0 Å². The highest BCUT2D eigenvalue weighted by Gasteiger charge is 1.98. The number of hydrogen-bond acceptors (Lipinski definition) is 1. The third-order valence-electron chi connectivity index (χ3n) is 1.75. The minimum absolute atomic E-state index is 1.13. The van der Waals surface area contributed by atoms with Crippen molar-refractivity contribution in [2.24, 2.45) is 0 Å². The molecule has 1 aromatic heterocycles. The summed E-state index contributed by atoms with van der Waals surface area (Å²) in [6.45, 7) is 8.15. The third-order valence-corrected chi connectivity index (χ3v) is 2.83. The molecule has 0 aromatic carbocycles. The molecular formula is C10H14S. The lowest BCUT2D eigenvalue weighted by Gasteiger charge is -1.98. The van der Waals surface area contributed by atoms with Crippen molar-refractivity contribution >= 4 is 11.3 Å². The smallest absolute Gasteiger partial charge is 0.00775 e. The molecule has 0 aliphatic heterocycles. The molecule has 1 heterocycles. The molecule has 0 atom stereocenters. The minimum atomic E-state index is 1.13. The molecular weight excluding hydrogens is 152 g/mol. The van der Waals surface area contributed by atoms with E-state index < -0.39 is 0 Å². The number of allylic oxidation sites excluding steroid dienone is 1. The van der Waals surface area contributed by atoms with Crippen molar-refractivity contribution in [3.05, 3.63) is 34.0 Å². The van der Waals surface area contributed by atoms with E-state index in [0.29, 0.717) is 0 Å². The Morgan fingerprint density at radius 3 is 2.82 bits per heavy atom. The Kier molecular flexibility index (Phi) is 2.89. The average Bonchev–Trinajstić information content (AvgIpc) is 2.31. The van der Waals surface area contributed by atoms with Crippen LogP contribution in [0.2, 0.25) is 0 Å². The molecule has 60 valence electrons. The van der Waals surface area contributed by atoms with Gasteiger partial charge in [0.2, 0.25) is 0 Å². The van der Waals surface area contributed by atoms with E-state index in [2.05, 4.69) is 31.9 Å². The molecule has 0 nitrogen and oxygen atoms in total. The molecule has 1 heteroatoms. The molecule has 0 aliphatic rings. The monoisotopic (exact) mass is 166 g/mol. The van der Waals surface area contributed by atoms with Crippen LogP contribution in [0.15, 0.2) is 23.6 Å². The molecule has 1 aromatic rings. The maximum Gasteiger partial charge on any atom is 0.00775 e. The number of rotatable bonds is 3. The lowest BCUT2D eigenvalue weighted by Crippen LogP contribution is -1.83. The zero-order valence-electron chi connectivity index (χ0n) is 7.18. The van der Waals surface area contributed by atoms with Gasteiger partial charge in [-0.25, -0.2) is 0 Å². The molecule has 11 heavy (non-hydrogen) atoms. The standard InChI is InChI=1S/C10H14S/c1-8(2)4-5-10-9(3)6-7-11-10/h6-7H,1,4-5H2,2-3H3. The molecule has 0 bridgehead atoms. The Hall–Kier alpha value is -0.560. The van der Waals surface area contributed by atoms with Gasteiger partial charge < -0.3 is 0 Å². The van der Waals surface area contributed by atoms with Gasteiger partial charge in [0.15, 0.2) is 0 Å². The van der Waals surface area contributed by atoms with Crippen molar-refractivity contribution in [2.45, 2.75) is 26.7 Å². The second-order valence-corrected chi connectivity index (χ2v) is 3.98. The Morgan fingerprint density at radius 1 is 1.64 bits per heavy atom. The van der Waals surface area contributed by atoms with E-state index in [1.807, 2.05) is 11.3 Å². The van der Waals surface area contributed by atoms with Crippen molar-refractivity contribution in [2.75, 3.05) is 0 Å². The van der Waals surface area contributed by atoms with Crippen molar-refractivity contribution in [1.29, 1.82) is 0 Å². The highest BCUT2D eigenvalue weighted by atomic mass is 32.1. The summed E-state index contributed by atoms with van der Waals surface area (Å²) in [7, 11) is 0. The molecule has 0 spiro atoms. The fraction of sp³-hybridized carbons (Fsp3) is 0.400. The lowest BCUT2D eigenvalue weighted by molar-refractivity contribution is 0.957. The van der Waals surface area contributed by atoms with Crippen LogP contribution >= 0.6 is 11.3 Å². The van der Waals surface area contributed by atoms with Gasteiger partial charge in [-0.2, -0.15) is 0 Å². The number of thiophene rings is 1. The molecule has 0 unspecified atom stereocenters. The summed E-state index contributed by atoms with van der Waals surface area (Å²) in [6.07, 6.45) is 2.29. The highest BCUT2D eigenvalue weighted by molar-refractivity contribution is 7.10. The highest BCUT2D eigenvalue weighted by Crippen LogP contribution is 2.18. The van der Waals surface area contributed by atoms with Crippen LogP contribution in [0.1, 0.15) is 23.8 Å². The van der Waals surface area contributed by atoms with Gasteiger partial charge in [0.1, 0.15) is 0 Å². The van der Waals surface area contributed by atoms with E-state index in [0.717, 1.165) is 6.42 Å². The maximum absolute atomic E-state index is 3.89. The van der Waals surface area contributed by atoms with Crippen LogP contribution in [0.3, 0.4) is 0 Å². The Morgan fingerprint density at radius 2 is 2.36 bits per heavy atom. The fourth-order valence-corrected chi connectivity index (χ4v) is 1.90. The summed E-state index contributed by atoms with van der Waals surface area (Å²) in [5, 5.41) is 2.16. The fourth-order valence-electron chi connectivity index (χ4n) is 0.987. The Labute approximate surface area is 72.6 Å². The van der Waals surface area contributed by atoms with Crippen LogP contribution in [-0.4, -0.2) is 0 Å². The first-order valence-electron chi connectivity index (χ1n) is 3.87. The van der Waals surface area contributed by atoms with Crippen molar-refractivity contribution in [1.82, 2.24) is 0 Å². The molecule has 0 radical (unpaired) electrons. The van der Waals surface area contributed by atoms with Crippen LogP contribution in [0.25, 0.3) is 0 Å². The van der Waals surface area contributed by atoms with Gasteiger partial charge in [0.05, 0.1) is 0 Å². The predicted octanol–water partition coefficient (Wildman–Crippen LogP) is 3.57. The first-order chi connectivity index (χ1) is 5.20. The van der Waals surface area contributed by atoms with E-state index in [4.69, 9.17) is 0 Å². The predicted molar refractivity (Wildman–Crippen MR) is 52.2 cm³/mol. The van der Waals surface area contributed by atoms with E-state index in [1.54, 1.807) is 0 Å². The van der Waals surface area contributed by atoms with Crippen molar-refractivity contribution < 1.29 is 0 Å². The first kappa shape index (κ1) is 8.54. The topological polar surface area (TPSA) is 0 Å². The quantitative estimate of drug-likeness (QED) is 0.602. The second-order valence-electron chi connectivity index (χ2n) is 2.98. The molecule has 1 rings (SSSR count). The van der Waals surface area contributed by atoms with Crippen LogP contribution in [-0.2, 0) is 6.42 Å². The number of hydrogen-bond donors (Lipinski definition) is 0. The minimum Gasteiger partial charge on any atom is -0.149 e. The molecule has 0 N–H and O–H groups in total. The average molecular weight is 166 g/mol. The molecule has 0 aliphatic carbocycles. The molecule has 0 fully saturated rings. The summed E-state index contributed by atoms with van der Waals surface area (Å²) in [6, 6.07) is 2.18. The summed E-state index contributed by atoms with van der Waals surface area (Å²) >= 11 is 1.85. The zero-order valence-corrected chi connectivity index (χ0v) is 8.00. The van der Waals surface area contributed by atoms with Gasteiger partial charge in [-0.15, -0.1) is 17.9 Å². The van der Waals surface area contributed by atoms with Crippen LogP contribution < -0.4 is 0 Å². The SMILES string of the molecule is C=C(C)CCc1sccc1C. The lowest BCUT2D eigenvalue weighted by atomic mass is 10.1. The summed E-state index contributed by atoms with van der Waals surface area (Å²) in [5.41, 5.74) is 2.70. The largest absolute Gasteiger partial charge is 0.149 e. The maximum atomic E-state index is 3.89. The van der Waals surface area contributed by atoms with Gasteiger partial charge in [0, 0.05) is 4.88 Å². The van der Waals surface area contributed by atoms with Gasteiger partial charge >= 0.3 is 0 Å². The summed E-state index contributed by atoms with van der Waals surface area (Å²) in [5.74, 6) is 0. The van der Waals surface area contributed by atoms with Crippen molar-refractivity contribution in [3.63, 3.8) is 0 Å². The van der Waals surface area contributed by atoms with Crippen LogP contribution in [0.4, 0.5) is 0 Å². The third kappa shape index (κ3) is 2.51. The molecule has 0 saturated carbocycles. The number of aryl methyl sites for hydroxylation is 2. The Bertz CT molecular complexity index is 245. The second kappa shape index (κ2) is 3.72. The van der Waals surface area contributed by atoms with Gasteiger partial charge in [-0.1, -0.05) is 5.57 Å². The van der Waals surface area contributed by atoms with Crippen molar-refractivity contribution in [3.8, 4) is 0 Å². The normalized spacial score (nSPS) is 10.0. The van der Waals surface area contributed by atoms with E-state index >= 15 is 0 Å². The van der Waals surface area contributed by atoms with Gasteiger partial charge in [-0.05, 0) is 43.7 Å². The zero-order chi connectivity index (χ0) is 8.27. The first-order valence-corrected chi connectivity index (χ1v) is 4.75. The summed E-state index contributed by atoms with van der Waals surface area (Å²) < 4.78 is 0. The molecule has 0 amide bonds. The van der Waals surface area contributed by atoms with E-state index in [1.165, 1.54) is 22.4 Å². The Balaban J connectivity index is 2.51.